The molecule has 17 nitrogen and oxygen atoms in total. The number of carboxylic acids is 1. The van der Waals surface area contributed by atoms with Crippen molar-refractivity contribution in [2.75, 3.05) is 21.1 Å². The Bertz CT molecular complexity index is 4560. The largest absolute Gasteiger partial charge is 0.478 e. The Balaban J connectivity index is 0.000000133. The van der Waals surface area contributed by atoms with Crippen molar-refractivity contribution in [3.63, 3.8) is 0 Å². The first kappa shape index (κ1) is 66.4. The van der Waals surface area contributed by atoms with E-state index in [1.807, 2.05) is 141 Å². The third-order valence-corrected chi connectivity index (χ3v) is 17.3. The molecule has 0 unspecified atom stereocenters. The summed E-state index contributed by atoms with van der Waals surface area (Å²) in [6.07, 6.45) is 7.76. The highest BCUT2D eigenvalue weighted by Gasteiger charge is 2.27. The zero-order valence-corrected chi connectivity index (χ0v) is 54.0. The normalized spacial score (nSPS) is 14.6. The fraction of sp³-hybridized carbons (Fsp3) is 0.260. The molecule has 0 aliphatic heterocycles. The van der Waals surface area contributed by atoms with Gasteiger partial charge in [-0.25, -0.2) is 14.4 Å². The van der Waals surface area contributed by atoms with Gasteiger partial charge in [-0.05, 0) is 152 Å². The highest BCUT2D eigenvalue weighted by molar-refractivity contribution is 5.96. The van der Waals surface area contributed by atoms with E-state index in [1.165, 1.54) is 29.5 Å². The molecule has 2 saturated carbocycles. The standard InChI is InChI=1S/C26H28N2O3.C13H13NO3.C13H13NO2.C13H15NO.C12H10O3/c1-17-21(15-24(30-17)19-6-4-3-5-7-19)16-28(2)22-11-8-18(9-12-22)20-10-13-23-25(14-20)31-26(29)27-23;15-10-4-1-8(2-5-10)9-3-6-11-12(7-9)17-13(16)14-11;1-9-11(13(15)14-2)8-12(16-9)10-6-4-3-5-7-10;1-10-12(9-14-2)8-13(15-10)11-6-4-3-5-7-11;1-8-10(12(13)14)7-11(15-8)9-5-3-2-4-6-9/h3-7,10,13-15,18,22H,8-9,11-12,16H2,1-2H3,(H,27,29);3,6-8H,1-2,4-5H2,(H,14,16);3-8H,1-2H3,(H,14,15);3-8,14H,9H2,1-2H3;2-7H,1H3,(H,13,14). The minimum atomic E-state index is -0.960. The Hall–Kier alpha value is -10.5. The lowest BCUT2D eigenvalue weighted by atomic mass is 9.81. The Morgan fingerprint density at radius 3 is 1.30 bits per heavy atom. The van der Waals surface area contributed by atoms with Gasteiger partial charge in [0.05, 0.1) is 16.6 Å². The van der Waals surface area contributed by atoms with Gasteiger partial charge in [-0.15, -0.1) is 0 Å². The molecule has 6 heterocycles. The van der Waals surface area contributed by atoms with Crippen LogP contribution in [0.4, 0.5) is 0 Å². The number of carbonyl (C=O) groups is 3. The quantitative estimate of drug-likeness (QED) is 0.0721. The van der Waals surface area contributed by atoms with Crippen LogP contribution in [0.15, 0.2) is 218 Å². The van der Waals surface area contributed by atoms with Crippen LogP contribution in [0.3, 0.4) is 0 Å². The van der Waals surface area contributed by atoms with Crippen molar-refractivity contribution in [1.29, 1.82) is 0 Å². The van der Waals surface area contributed by atoms with Gasteiger partial charge in [-0.1, -0.05) is 133 Å². The Kier molecular flexibility index (Phi) is 22.1. The highest BCUT2D eigenvalue weighted by atomic mass is 16.4. The summed E-state index contributed by atoms with van der Waals surface area (Å²) < 4.78 is 33.0. The number of Topliss-reactive ketones (excluding diaryl/α,β-unsaturated/α-hetero) is 1. The summed E-state index contributed by atoms with van der Waals surface area (Å²) in [5.41, 5.74) is 12.6. The molecule has 6 aromatic heterocycles. The van der Waals surface area contributed by atoms with Crippen molar-refractivity contribution in [3.8, 4) is 45.3 Å². The average Bonchev–Trinajstić information content (AvgIpc) is 1.60. The van der Waals surface area contributed by atoms with E-state index in [4.69, 9.17) is 31.6 Å². The second-order valence-corrected chi connectivity index (χ2v) is 23.7. The van der Waals surface area contributed by atoms with Crippen LogP contribution in [0.5, 0.6) is 0 Å². The van der Waals surface area contributed by atoms with Crippen LogP contribution in [0.2, 0.25) is 0 Å². The van der Waals surface area contributed by atoms with Gasteiger partial charge >= 0.3 is 17.5 Å². The van der Waals surface area contributed by atoms with Gasteiger partial charge < -0.3 is 42.2 Å². The summed E-state index contributed by atoms with van der Waals surface area (Å²) in [6, 6.07) is 59.7. The minimum absolute atomic E-state index is 0.122. The van der Waals surface area contributed by atoms with Crippen molar-refractivity contribution >= 4 is 39.9 Å². The number of nitrogens with zero attached hydrogens (tertiary/aromatic N) is 1. The molecule has 2 aliphatic carbocycles. The van der Waals surface area contributed by atoms with Crippen LogP contribution in [-0.4, -0.2) is 64.8 Å². The molecule has 484 valence electrons. The summed E-state index contributed by atoms with van der Waals surface area (Å²) in [5.74, 6) is 5.66. The molecular formula is C77H79N5O12. The van der Waals surface area contributed by atoms with E-state index in [-0.39, 0.29) is 17.2 Å². The monoisotopic (exact) mass is 1270 g/mol. The van der Waals surface area contributed by atoms with Gasteiger partial charge in [0.2, 0.25) is 0 Å². The zero-order chi connectivity index (χ0) is 66.3. The molecule has 12 aromatic rings. The van der Waals surface area contributed by atoms with Gasteiger partial charge in [0, 0.05) is 72.4 Å². The van der Waals surface area contributed by atoms with Crippen molar-refractivity contribution in [1.82, 2.24) is 25.5 Å². The number of H-pyrrole nitrogens is 2. The fourth-order valence-corrected chi connectivity index (χ4v) is 12.0. The number of fused-ring (bicyclic) bond motifs is 2. The van der Waals surface area contributed by atoms with Crippen molar-refractivity contribution < 1.29 is 46.0 Å². The number of furan rings is 4. The number of hydrogen-bond acceptors (Lipinski definition) is 13. The number of nitrogens with one attached hydrogen (secondary N) is 4. The molecule has 6 aromatic carbocycles. The first-order valence-corrected chi connectivity index (χ1v) is 31.7. The summed E-state index contributed by atoms with van der Waals surface area (Å²) in [7, 11) is 5.77. The van der Waals surface area contributed by atoms with Crippen LogP contribution >= 0.6 is 0 Å². The predicted octanol–water partition coefficient (Wildman–Crippen LogP) is 16.7. The number of benzene rings is 6. The second-order valence-electron chi connectivity index (χ2n) is 23.7. The number of aryl methyl sites for hydroxylation is 4. The van der Waals surface area contributed by atoms with Crippen LogP contribution in [0.25, 0.3) is 67.5 Å². The lowest BCUT2D eigenvalue weighted by molar-refractivity contribution is -0.120. The molecule has 2 aliphatic rings. The Labute approximate surface area is 544 Å². The van der Waals surface area contributed by atoms with E-state index in [0.717, 1.165) is 106 Å². The number of aromatic nitrogens is 2. The number of hydrogen-bond donors (Lipinski definition) is 5. The van der Waals surface area contributed by atoms with E-state index in [9.17, 15) is 24.0 Å². The predicted molar refractivity (Wildman–Crippen MR) is 365 cm³/mol. The van der Waals surface area contributed by atoms with Gasteiger partial charge in [0.1, 0.15) is 57.4 Å². The molecule has 17 heteroatoms. The molecule has 0 spiro atoms. The zero-order valence-electron chi connectivity index (χ0n) is 54.0. The molecule has 1 amide bonds. The number of amides is 1. The van der Waals surface area contributed by atoms with Crippen LogP contribution in [-0.2, 0) is 17.9 Å². The van der Waals surface area contributed by atoms with E-state index < -0.39 is 11.7 Å². The molecule has 5 N–H and O–H groups in total. The third-order valence-electron chi connectivity index (χ3n) is 17.3. The summed E-state index contributed by atoms with van der Waals surface area (Å²) in [5, 5.41) is 14.6. The SMILES string of the molecule is CNC(=O)c1cc(-c2ccccc2)oc1C.CNCc1cc(-c2ccccc2)oc1C.Cc1oc(-c2ccccc2)cc1C(=O)O.Cc1oc(-c2ccccc2)cc1CN(C)C1CCC(c2ccc3[nH]c(=O)oc3c2)CC1.O=C1CCC(c2ccc3[nH]c(=O)oc3c2)CC1. The van der Waals surface area contributed by atoms with Gasteiger partial charge in [-0.3, -0.25) is 24.5 Å². The van der Waals surface area contributed by atoms with E-state index >= 15 is 0 Å². The molecule has 0 bridgehead atoms. The van der Waals surface area contributed by atoms with Crippen LogP contribution < -0.4 is 22.1 Å². The van der Waals surface area contributed by atoms with Gasteiger partial charge in [0.25, 0.3) is 5.91 Å². The minimum Gasteiger partial charge on any atom is -0.478 e. The number of aromatic amines is 2. The molecule has 0 atom stereocenters. The number of aromatic carboxylic acids is 1. The lowest BCUT2D eigenvalue weighted by Gasteiger charge is -2.34. The van der Waals surface area contributed by atoms with Crippen molar-refractivity contribution in [2.45, 2.75) is 110 Å². The molecule has 0 saturated heterocycles. The Morgan fingerprint density at radius 2 is 0.872 bits per heavy atom. The molecule has 94 heavy (non-hydrogen) atoms. The Morgan fingerprint density at radius 1 is 0.479 bits per heavy atom. The molecule has 14 rings (SSSR count). The second kappa shape index (κ2) is 31.2. The smallest absolute Gasteiger partial charge is 0.417 e. The number of carbonyl (C=O) groups excluding carboxylic acids is 2. The maximum Gasteiger partial charge on any atom is 0.417 e. The number of rotatable bonds is 13. The van der Waals surface area contributed by atoms with Crippen molar-refractivity contribution in [2.24, 2.45) is 0 Å². The topological polar surface area (TPSA) is 243 Å². The van der Waals surface area contributed by atoms with Crippen LogP contribution in [0, 0.1) is 27.7 Å². The first-order chi connectivity index (χ1) is 45.5. The molecular weight excluding hydrogens is 1190 g/mol. The highest BCUT2D eigenvalue weighted by Crippen LogP contribution is 2.37. The van der Waals surface area contributed by atoms with E-state index in [0.29, 0.717) is 70.5 Å². The van der Waals surface area contributed by atoms with E-state index in [2.05, 4.69) is 81.9 Å². The van der Waals surface area contributed by atoms with Gasteiger partial charge in [0.15, 0.2) is 11.2 Å². The fourth-order valence-electron chi connectivity index (χ4n) is 12.0. The summed E-state index contributed by atoms with van der Waals surface area (Å²) in [4.78, 5) is 63.8. The first-order valence-electron chi connectivity index (χ1n) is 31.7. The lowest BCUT2D eigenvalue weighted by Crippen LogP contribution is -2.34. The van der Waals surface area contributed by atoms with Gasteiger partial charge in [-0.2, -0.15) is 0 Å². The maximum absolute atomic E-state index is 11.5. The van der Waals surface area contributed by atoms with Crippen molar-refractivity contribution in [3.05, 3.63) is 260 Å². The molecule has 0 radical (unpaired) electrons. The van der Waals surface area contributed by atoms with E-state index in [1.54, 1.807) is 33.0 Å². The summed E-state index contributed by atoms with van der Waals surface area (Å²) in [6.45, 7) is 9.24. The molecule has 2 fully saturated rings. The summed E-state index contributed by atoms with van der Waals surface area (Å²) >= 11 is 0. The van der Waals surface area contributed by atoms with Crippen LogP contribution in [0.1, 0.15) is 129 Å². The third kappa shape index (κ3) is 17.0. The number of oxazole rings is 2. The average molecular weight is 1270 g/mol. The number of carboxylic acid groups (broad SMARTS) is 1. The number of ketones is 1. The maximum atomic E-state index is 11.5.